The number of benzene rings is 1. The van der Waals surface area contributed by atoms with Crippen LogP contribution in [0.2, 0.25) is 0 Å². The lowest BCUT2D eigenvalue weighted by Gasteiger charge is -2.05. The summed E-state index contributed by atoms with van der Waals surface area (Å²) in [6, 6.07) is 7.99. The fourth-order valence-electron chi connectivity index (χ4n) is 1.79. The Morgan fingerprint density at radius 1 is 1.30 bits per heavy atom. The SMILES string of the molecule is C=CCc1ccccc1-c1ncc(C#CC(C)O)cn1. The minimum Gasteiger partial charge on any atom is -0.381 e. The Kier molecular flexibility index (Phi) is 4.65. The third-order valence-corrected chi connectivity index (χ3v) is 2.70. The standard InChI is InChI=1S/C17H16N2O/c1-3-6-15-7-4-5-8-16(15)17-18-11-14(12-19-17)10-9-13(2)20/h3-5,7-8,11-13,20H,1,6H2,2H3. The van der Waals surface area contributed by atoms with Gasteiger partial charge in [-0.3, -0.25) is 0 Å². The highest BCUT2D eigenvalue weighted by molar-refractivity contribution is 5.60. The minimum atomic E-state index is -0.650. The topological polar surface area (TPSA) is 46.0 Å². The normalized spacial score (nSPS) is 11.3. The maximum Gasteiger partial charge on any atom is 0.159 e. The van der Waals surface area contributed by atoms with Crippen molar-refractivity contribution in [1.29, 1.82) is 0 Å². The van der Waals surface area contributed by atoms with Crippen LogP contribution in [0.3, 0.4) is 0 Å². The number of hydrogen-bond donors (Lipinski definition) is 1. The molecule has 3 nitrogen and oxygen atoms in total. The zero-order chi connectivity index (χ0) is 14.4. The van der Waals surface area contributed by atoms with Crippen LogP contribution in [-0.4, -0.2) is 21.2 Å². The van der Waals surface area contributed by atoms with Crippen LogP contribution in [0, 0.1) is 11.8 Å². The second-order valence-electron chi connectivity index (χ2n) is 4.39. The van der Waals surface area contributed by atoms with Gasteiger partial charge < -0.3 is 5.11 Å². The molecule has 1 N–H and O–H groups in total. The first-order chi connectivity index (χ1) is 9.70. The van der Waals surface area contributed by atoms with Gasteiger partial charge in [-0.1, -0.05) is 42.2 Å². The molecule has 0 aliphatic carbocycles. The number of rotatable bonds is 3. The Morgan fingerprint density at radius 3 is 2.65 bits per heavy atom. The molecule has 2 aromatic rings. The molecule has 1 atom stereocenters. The molecule has 0 saturated heterocycles. The van der Waals surface area contributed by atoms with Crippen molar-refractivity contribution in [3.63, 3.8) is 0 Å². The summed E-state index contributed by atoms with van der Waals surface area (Å²) < 4.78 is 0. The molecule has 3 heteroatoms. The zero-order valence-electron chi connectivity index (χ0n) is 11.4. The third kappa shape index (κ3) is 3.53. The second-order valence-corrected chi connectivity index (χ2v) is 4.39. The molecule has 0 bridgehead atoms. The first kappa shape index (κ1) is 14.0. The van der Waals surface area contributed by atoms with Crippen molar-refractivity contribution in [1.82, 2.24) is 9.97 Å². The largest absolute Gasteiger partial charge is 0.381 e. The van der Waals surface area contributed by atoms with Gasteiger partial charge in [0.25, 0.3) is 0 Å². The van der Waals surface area contributed by atoms with Gasteiger partial charge in [0, 0.05) is 18.0 Å². The maximum atomic E-state index is 9.12. The Labute approximate surface area is 119 Å². The quantitative estimate of drug-likeness (QED) is 0.684. The number of aliphatic hydroxyl groups excluding tert-OH is 1. The summed E-state index contributed by atoms with van der Waals surface area (Å²) in [4.78, 5) is 8.68. The van der Waals surface area contributed by atoms with Crippen molar-refractivity contribution in [2.45, 2.75) is 19.4 Å². The first-order valence-corrected chi connectivity index (χ1v) is 6.41. The van der Waals surface area contributed by atoms with Gasteiger partial charge in [0.2, 0.25) is 0 Å². The lowest BCUT2D eigenvalue weighted by molar-refractivity contribution is 0.253. The summed E-state index contributed by atoms with van der Waals surface area (Å²) in [5, 5.41) is 9.12. The van der Waals surface area contributed by atoms with E-state index in [1.54, 1.807) is 19.3 Å². The van der Waals surface area contributed by atoms with Crippen molar-refractivity contribution >= 4 is 0 Å². The molecule has 1 aromatic heterocycles. The van der Waals surface area contributed by atoms with Crippen molar-refractivity contribution in [2.75, 3.05) is 0 Å². The van der Waals surface area contributed by atoms with E-state index in [-0.39, 0.29) is 0 Å². The van der Waals surface area contributed by atoms with Gasteiger partial charge in [-0.25, -0.2) is 9.97 Å². The summed E-state index contributed by atoms with van der Waals surface area (Å²) in [7, 11) is 0. The molecule has 1 unspecified atom stereocenters. The second kappa shape index (κ2) is 6.65. The summed E-state index contributed by atoms with van der Waals surface area (Å²) in [5.41, 5.74) is 2.84. The molecular weight excluding hydrogens is 248 g/mol. The Hall–Kier alpha value is -2.44. The Balaban J connectivity index is 2.31. The third-order valence-electron chi connectivity index (χ3n) is 2.70. The molecule has 1 heterocycles. The highest BCUT2D eigenvalue weighted by atomic mass is 16.3. The predicted octanol–water partition coefficient (Wildman–Crippen LogP) is 2.60. The van der Waals surface area contributed by atoms with Crippen LogP contribution in [-0.2, 0) is 6.42 Å². The van der Waals surface area contributed by atoms with E-state index in [1.807, 2.05) is 30.3 Å². The van der Waals surface area contributed by atoms with E-state index in [0.29, 0.717) is 11.4 Å². The molecule has 0 fully saturated rings. The van der Waals surface area contributed by atoms with Gasteiger partial charge in [0.15, 0.2) is 5.82 Å². The molecule has 0 aliphatic rings. The van der Waals surface area contributed by atoms with E-state index < -0.39 is 6.10 Å². The molecule has 20 heavy (non-hydrogen) atoms. The number of allylic oxidation sites excluding steroid dienone is 1. The molecule has 2 rings (SSSR count). The smallest absolute Gasteiger partial charge is 0.159 e. The van der Waals surface area contributed by atoms with Crippen LogP contribution in [0.25, 0.3) is 11.4 Å². The zero-order valence-corrected chi connectivity index (χ0v) is 11.4. The van der Waals surface area contributed by atoms with Gasteiger partial charge >= 0.3 is 0 Å². The van der Waals surface area contributed by atoms with E-state index >= 15 is 0 Å². The molecule has 1 aromatic carbocycles. The van der Waals surface area contributed by atoms with Crippen LogP contribution in [0.4, 0.5) is 0 Å². The van der Waals surface area contributed by atoms with Gasteiger partial charge in [0.05, 0.1) is 5.56 Å². The first-order valence-electron chi connectivity index (χ1n) is 6.41. The lowest BCUT2D eigenvalue weighted by Crippen LogP contribution is -1.95. The van der Waals surface area contributed by atoms with Crippen molar-refractivity contribution in [3.8, 4) is 23.2 Å². The van der Waals surface area contributed by atoms with E-state index in [4.69, 9.17) is 5.11 Å². The Bertz CT molecular complexity index is 649. The summed E-state index contributed by atoms with van der Waals surface area (Å²) in [6.45, 7) is 5.38. The molecule has 0 spiro atoms. The van der Waals surface area contributed by atoms with Crippen LogP contribution >= 0.6 is 0 Å². The number of hydrogen-bond acceptors (Lipinski definition) is 3. The van der Waals surface area contributed by atoms with Crippen LogP contribution in [0.5, 0.6) is 0 Å². The van der Waals surface area contributed by atoms with Gasteiger partial charge in [-0.2, -0.15) is 0 Å². The average molecular weight is 264 g/mol. The average Bonchev–Trinajstić information content (AvgIpc) is 2.47. The van der Waals surface area contributed by atoms with E-state index in [0.717, 1.165) is 17.5 Å². The predicted molar refractivity (Wildman–Crippen MR) is 79.9 cm³/mol. The molecule has 0 saturated carbocycles. The monoisotopic (exact) mass is 264 g/mol. The minimum absolute atomic E-state index is 0.650. The van der Waals surface area contributed by atoms with E-state index in [1.165, 1.54) is 0 Å². The highest BCUT2D eigenvalue weighted by Gasteiger charge is 2.05. The van der Waals surface area contributed by atoms with Crippen molar-refractivity contribution in [3.05, 3.63) is 60.4 Å². The summed E-state index contributed by atoms with van der Waals surface area (Å²) in [5.74, 6) is 6.16. The lowest BCUT2D eigenvalue weighted by atomic mass is 10.0. The maximum absolute atomic E-state index is 9.12. The van der Waals surface area contributed by atoms with Crippen LogP contribution < -0.4 is 0 Å². The van der Waals surface area contributed by atoms with Crippen molar-refractivity contribution < 1.29 is 5.11 Å². The molecular formula is C17H16N2O. The van der Waals surface area contributed by atoms with Gasteiger partial charge in [-0.15, -0.1) is 6.58 Å². The number of aliphatic hydroxyl groups is 1. The number of aromatic nitrogens is 2. The molecule has 100 valence electrons. The molecule has 0 amide bonds. The van der Waals surface area contributed by atoms with Crippen LogP contribution in [0.15, 0.2) is 49.3 Å². The fourth-order valence-corrected chi connectivity index (χ4v) is 1.79. The summed E-state index contributed by atoms with van der Waals surface area (Å²) in [6.07, 6.45) is 5.33. The van der Waals surface area contributed by atoms with Gasteiger partial charge in [0.1, 0.15) is 6.10 Å². The summed E-state index contributed by atoms with van der Waals surface area (Å²) >= 11 is 0. The molecule has 0 aliphatic heterocycles. The molecule has 0 radical (unpaired) electrons. The Morgan fingerprint density at radius 2 is 2.00 bits per heavy atom. The highest BCUT2D eigenvalue weighted by Crippen LogP contribution is 2.20. The number of nitrogens with zero attached hydrogens (tertiary/aromatic N) is 2. The van der Waals surface area contributed by atoms with E-state index in [9.17, 15) is 0 Å². The van der Waals surface area contributed by atoms with E-state index in [2.05, 4.69) is 28.4 Å². The van der Waals surface area contributed by atoms with Crippen molar-refractivity contribution in [2.24, 2.45) is 0 Å². The van der Waals surface area contributed by atoms with Gasteiger partial charge in [-0.05, 0) is 18.9 Å². The fraction of sp³-hybridized carbons (Fsp3) is 0.176. The van der Waals surface area contributed by atoms with Crippen LogP contribution in [0.1, 0.15) is 18.1 Å².